The van der Waals surface area contributed by atoms with E-state index in [1.807, 2.05) is 14.0 Å². The van der Waals surface area contributed by atoms with E-state index in [1.165, 1.54) is 7.11 Å². The molecule has 2 aromatic carbocycles. The molecule has 32 heavy (non-hydrogen) atoms. The lowest BCUT2D eigenvalue weighted by atomic mass is 9.83. The molecule has 0 spiro atoms. The van der Waals surface area contributed by atoms with Crippen LogP contribution in [0, 0.1) is 6.57 Å². The third kappa shape index (κ3) is 3.44. The zero-order chi connectivity index (χ0) is 22.9. The SMILES string of the molecule is [C-]#[N+]c1ccc(C(O)(c2ccc3nc(OC)c(OCC)c(Cl)c3c2)c2cncn2C)cc1. The van der Waals surface area contributed by atoms with Gasteiger partial charge in [0.1, 0.15) is 0 Å². The van der Waals surface area contributed by atoms with Gasteiger partial charge in [-0.3, -0.25) is 0 Å². The third-order valence-corrected chi connectivity index (χ3v) is 5.73. The molecular formula is C24H21ClN4O3. The van der Waals surface area contributed by atoms with E-state index in [2.05, 4.69) is 14.8 Å². The Bertz CT molecular complexity index is 1330. The molecule has 162 valence electrons. The van der Waals surface area contributed by atoms with E-state index in [1.54, 1.807) is 59.6 Å². The number of imidazole rings is 1. The van der Waals surface area contributed by atoms with Gasteiger partial charge < -0.3 is 19.1 Å². The molecule has 4 rings (SSSR count). The van der Waals surface area contributed by atoms with Crippen molar-refractivity contribution in [3.8, 4) is 11.6 Å². The van der Waals surface area contributed by atoms with Crippen molar-refractivity contribution in [2.45, 2.75) is 12.5 Å². The van der Waals surface area contributed by atoms with Crippen LogP contribution in [0.25, 0.3) is 15.7 Å². The second-order valence-electron chi connectivity index (χ2n) is 7.19. The number of nitrogens with zero attached hydrogens (tertiary/aromatic N) is 4. The van der Waals surface area contributed by atoms with Gasteiger partial charge in [0.25, 0.3) is 5.88 Å². The summed E-state index contributed by atoms with van der Waals surface area (Å²) in [6.45, 7) is 9.46. The van der Waals surface area contributed by atoms with Gasteiger partial charge in [0.05, 0.1) is 49.0 Å². The van der Waals surface area contributed by atoms with Gasteiger partial charge in [-0.25, -0.2) is 14.8 Å². The number of aryl methyl sites for hydroxylation is 1. The maximum absolute atomic E-state index is 12.1. The number of ether oxygens (including phenoxy) is 2. The topological polar surface area (TPSA) is 73.8 Å². The Hall–Kier alpha value is -3.60. The average molecular weight is 449 g/mol. The number of aromatic nitrogens is 3. The number of benzene rings is 2. The highest BCUT2D eigenvalue weighted by molar-refractivity contribution is 6.37. The number of hydrogen-bond acceptors (Lipinski definition) is 5. The van der Waals surface area contributed by atoms with Gasteiger partial charge >= 0.3 is 0 Å². The van der Waals surface area contributed by atoms with Gasteiger partial charge in [-0.05, 0) is 30.2 Å². The highest BCUT2D eigenvalue weighted by atomic mass is 35.5. The van der Waals surface area contributed by atoms with E-state index in [0.717, 1.165) is 0 Å². The number of halogens is 1. The molecule has 0 aliphatic heterocycles. The molecule has 0 aliphatic rings. The molecule has 0 aliphatic carbocycles. The van der Waals surface area contributed by atoms with Crippen LogP contribution in [0.2, 0.25) is 5.02 Å². The molecule has 1 unspecified atom stereocenters. The van der Waals surface area contributed by atoms with Crippen molar-refractivity contribution in [3.05, 3.63) is 88.2 Å². The van der Waals surface area contributed by atoms with Crippen LogP contribution in [0.15, 0.2) is 55.0 Å². The van der Waals surface area contributed by atoms with Crippen LogP contribution in [0.1, 0.15) is 23.7 Å². The summed E-state index contributed by atoms with van der Waals surface area (Å²) in [7, 11) is 3.32. The van der Waals surface area contributed by atoms with Gasteiger partial charge in [-0.2, -0.15) is 0 Å². The summed E-state index contributed by atoms with van der Waals surface area (Å²) in [6, 6.07) is 12.2. The summed E-state index contributed by atoms with van der Waals surface area (Å²) in [5, 5.41) is 13.1. The van der Waals surface area contributed by atoms with Crippen LogP contribution >= 0.6 is 11.6 Å². The van der Waals surface area contributed by atoms with Crippen LogP contribution < -0.4 is 9.47 Å². The van der Waals surface area contributed by atoms with Gasteiger partial charge in [0, 0.05) is 12.4 Å². The van der Waals surface area contributed by atoms with Crippen molar-refractivity contribution in [1.82, 2.24) is 14.5 Å². The molecule has 4 aromatic rings. The zero-order valence-electron chi connectivity index (χ0n) is 17.8. The fourth-order valence-corrected chi connectivity index (χ4v) is 4.05. The highest BCUT2D eigenvalue weighted by Gasteiger charge is 2.37. The molecule has 2 heterocycles. The number of aliphatic hydroxyl groups is 1. The van der Waals surface area contributed by atoms with Gasteiger partial charge in [0.15, 0.2) is 11.3 Å². The van der Waals surface area contributed by atoms with E-state index in [-0.39, 0.29) is 0 Å². The maximum Gasteiger partial charge on any atom is 0.258 e. The van der Waals surface area contributed by atoms with Crippen molar-refractivity contribution in [3.63, 3.8) is 0 Å². The van der Waals surface area contributed by atoms with Crippen molar-refractivity contribution >= 4 is 28.2 Å². The molecule has 1 atom stereocenters. The number of rotatable bonds is 6. The van der Waals surface area contributed by atoms with Crippen molar-refractivity contribution < 1.29 is 14.6 Å². The highest BCUT2D eigenvalue weighted by Crippen LogP contribution is 2.42. The smallest absolute Gasteiger partial charge is 0.258 e. The molecule has 7 nitrogen and oxygen atoms in total. The summed E-state index contributed by atoms with van der Waals surface area (Å²) < 4.78 is 12.8. The normalized spacial score (nSPS) is 12.9. The molecule has 0 saturated heterocycles. The number of pyridine rings is 1. The molecule has 2 aromatic heterocycles. The van der Waals surface area contributed by atoms with E-state index in [4.69, 9.17) is 27.6 Å². The quantitative estimate of drug-likeness (QED) is 0.426. The van der Waals surface area contributed by atoms with Crippen LogP contribution in [0.3, 0.4) is 0 Å². The Morgan fingerprint density at radius 2 is 1.91 bits per heavy atom. The largest absolute Gasteiger partial charge is 0.487 e. The lowest BCUT2D eigenvalue weighted by Gasteiger charge is -2.30. The molecule has 8 heteroatoms. The second kappa shape index (κ2) is 8.50. The summed E-state index contributed by atoms with van der Waals surface area (Å²) in [5.74, 6) is 0.653. The maximum atomic E-state index is 12.1. The van der Waals surface area contributed by atoms with Crippen LogP contribution in [-0.4, -0.2) is 33.4 Å². The van der Waals surface area contributed by atoms with Crippen LogP contribution in [0.4, 0.5) is 5.69 Å². The number of hydrogen-bond donors (Lipinski definition) is 1. The van der Waals surface area contributed by atoms with E-state index in [0.29, 0.717) is 56.7 Å². The monoisotopic (exact) mass is 448 g/mol. The summed E-state index contributed by atoms with van der Waals surface area (Å²) >= 11 is 6.69. The predicted molar refractivity (Wildman–Crippen MR) is 122 cm³/mol. The number of methoxy groups -OCH3 is 1. The minimum atomic E-state index is -1.55. The Morgan fingerprint density at radius 3 is 2.50 bits per heavy atom. The third-order valence-electron chi connectivity index (χ3n) is 5.35. The Balaban J connectivity index is 1.99. The molecule has 0 amide bonds. The summed E-state index contributed by atoms with van der Waals surface area (Å²) in [6.07, 6.45) is 3.24. The zero-order valence-corrected chi connectivity index (χ0v) is 18.6. The van der Waals surface area contributed by atoms with E-state index < -0.39 is 5.60 Å². The first-order valence-electron chi connectivity index (χ1n) is 9.91. The molecule has 1 N–H and O–H groups in total. The first-order valence-corrected chi connectivity index (χ1v) is 10.3. The first kappa shape index (κ1) is 21.6. The standard InChI is InChI=1S/C24H21ClN4O3/c1-5-32-22-21(25)18-12-16(8-11-19(18)28-23(22)31-4)24(30,20-13-27-14-29(20)3)15-6-9-17(26-2)10-7-15/h6-14,30H,5H2,1,3-4H3. The van der Waals surface area contributed by atoms with Crippen molar-refractivity contribution in [1.29, 1.82) is 0 Å². The van der Waals surface area contributed by atoms with Crippen molar-refractivity contribution in [2.75, 3.05) is 13.7 Å². The lowest BCUT2D eigenvalue weighted by Crippen LogP contribution is -2.31. The van der Waals surface area contributed by atoms with Crippen LogP contribution in [0.5, 0.6) is 11.6 Å². The van der Waals surface area contributed by atoms with E-state index in [9.17, 15) is 5.11 Å². The minimum absolute atomic E-state index is 0.300. The second-order valence-corrected chi connectivity index (χ2v) is 7.57. The number of fused-ring (bicyclic) bond motifs is 1. The Labute approximate surface area is 190 Å². The minimum Gasteiger partial charge on any atom is -0.487 e. The molecule has 0 saturated carbocycles. The molecular weight excluding hydrogens is 428 g/mol. The van der Waals surface area contributed by atoms with Gasteiger partial charge in [0.2, 0.25) is 5.75 Å². The average Bonchev–Trinajstić information content (AvgIpc) is 3.26. The summed E-state index contributed by atoms with van der Waals surface area (Å²) in [4.78, 5) is 12.1. The van der Waals surface area contributed by atoms with Crippen molar-refractivity contribution in [2.24, 2.45) is 7.05 Å². The lowest BCUT2D eigenvalue weighted by molar-refractivity contribution is 0.117. The van der Waals surface area contributed by atoms with Gasteiger partial charge in [-0.15, -0.1) is 0 Å². The van der Waals surface area contributed by atoms with Crippen LogP contribution in [-0.2, 0) is 12.6 Å². The predicted octanol–water partition coefficient (Wildman–Crippen LogP) is 4.86. The fraction of sp³-hybridized carbons (Fsp3) is 0.208. The Morgan fingerprint density at radius 1 is 1.19 bits per heavy atom. The first-order chi connectivity index (χ1) is 15.4. The molecule has 0 radical (unpaired) electrons. The van der Waals surface area contributed by atoms with E-state index >= 15 is 0 Å². The fourth-order valence-electron chi connectivity index (χ4n) is 3.76. The Kier molecular flexibility index (Phi) is 5.74. The summed E-state index contributed by atoms with van der Waals surface area (Å²) in [5.41, 5.74) is 1.27. The molecule has 0 bridgehead atoms. The molecule has 0 fully saturated rings. The van der Waals surface area contributed by atoms with Gasteiger partial charge in [-0.1, -0.05) is 41.9 Å².